The van der Waals surface area contributed by atoms with Crippen molar-refractivity contribution >= 4 is 16.5 Å². The first-order valence-electron chi connectivity index (χ1n) is 3.51. The molecule has 5 nitrogen and oxygen atoms in total. The average Bonchev–Trinajstić information content (AvgIpc) is 2.03. The minimum Gasteiger partial charge on any atom is -0.563 e. The maximum Gasteiger partial charge on any atom is 2.00 e. The number of hydrogen-bond acceptors (Lipinski definition) is 5. The van der Waals surface area contributed by atoms with Crippen LogP contribution in [0.5, 0.6) is 0 Å². The molecule has 2 atom stereocenters. The molecule has 0 heterocycles. The van der Waals surface area contributed by atoms with Crippen LogP contribution < -0.4 is 9.79 Å². The summed E-state index contributed by atoms with van der Waals surface area (Å²) in [6, 6.07) is 10.3. The fraction of sp³-hybridized carbons (Fsp3) is 0.143. The fourth-order valence-corrected chi connectivity index (χ4v) is 1.02. The van der Waals surface area contributed by atoms with Gasteiger partial charge in [-0.25, -0.2) is 0 Å². The van der Waals surface area contributed by atoms with Gasteiger partial charge in [-0.2, -0.15) is 0 Å². The van der Waals surface area contributed by atoms with Crippen molar-refractivity contribution in [1.82, 2.24) is 0 Å². The van der Waals surface area contributed by atoms with Crippen LogP contribution in [0.1, 0.15) is 5.56 Å². The molecule has 0 spiro atoms. The Hall–Kier alpha value is -0.0377. The van der Waals surface area contributed by atoms with Crippen LogP contribution in [0.4, 0.5) is 0 Å². The van der Waals surface area contributed by atoms with E-state index in [4.69, 9.17) is 0 Å². The zero-order valence-corrected chi connectivity index (χ0v) is 11.0. The molecule has 0 saturated carbocycles. The Balaban J connectivity index is 0. The van der Waals surface area contributed by atoms with Crippen molar-refractivity contribution in [2.75, 3.05) is 0 Å². The van der Waals surface area contributed by atoms with Crippen molar-refractivity contribution in [3.8, 4) is 0 Å². The van der Waals surface area contributed by atoms with Crippen LogP contribution in [0, 0.1) is 6.92 Å². The second-order valence-corrected chi connectivity index (χ2v) is 3.73. The number of hydrogen-bond donors (Lipinski definition) is 0. The molecule has 0 aliphatic heterocycles. The molecule has 0 amide bonds. The fourth-order valence-electron chi connectivity index (χ4n) is 0.589. The Morgan fingerprint density at radius 3 is 1.60 bits per heavy atom. The molecule has 1 aromatic carbocycles. The van der Waals surface area contributed by atoms with Crippen LogP contribution in [-0.4, -0.2) is 0 Å². The minimum absolute atomic E-state index is 0. The largest absolute Gasteiger partial charge is 2.00 e. The summed E-state index contributed by atoms with van der Waals surface area (Å²) in [6.45, 7) is 2.08. The van der Waals surface area contributed by atoms with Crippen molar-refractivity contribution < 1.29 is 43.7 Å². The molecule has 0 saturated heterocycles. The Kier molecular flexibility index (Phi) is 12.1. The van der Waals surface area contributed by atoms with Gasteiger partial charge in [0.05, 0.1) is 0 Å². The molecule has 0 bridgehead atoms. The van der Waals surface area contributed by atoms with Crippen LogP contribution >= 0.6 is 16.5 Å². The monoisotopic (exact) mass is 340 g/mol. The van der Waals surface area contributed by atoms with Gasteiger partial charge < -0.3 is 9.79 Å². The van der Waals surface area contributed by atoms with Gasteiger partial charge in [-0.3, -0.25) is 0 Å². The predicted octanol–water partition coefficient (Wildman–Crippen LogP) is 1.03. The molecule has 2 unspecified atom stereocenters. The van der Waals surface area contributed by atoms with Crippen LogP contribution in [0.2, 0.25) is 0 Å². The van der Waals surface area contributed by atoms with E-state index in [1.165, 1.54) is 5.56 Å². The summed E-state index contributed by atoms with van der Waals surface area (Å²) in [7, 11) is -6.47. The summed E-state index contributed by atoms with van der Waals surface area (Å²) in [5.41, 5.74) is 1.32. The van der Waals surface area contributed by atoms with Crippen LogP contribution in [0.3, 0.4) is 0 Å². The van der Waals surface area contributed by atoms with Gasteiger partial charge in [0.2, 0.25) is 0 Å². The van der Waals surface area contributed by atoms with Gasteiger partial charge >= 0.3 is 36.9 Å². The average molecular weight is 341 g/mol. The molecule has 0 aliphatic carbocycles. The minimum atomic E-state index is -3.24. The Labute approximate surface area is 103 Å². The summed E-state index contributed by atoms with van der Waals surface area (Å²) < 4.78 is 21.6. The normalized spacial score (nSPS) is 10.3. The number of benzene rings is 1. The van der Waals surface area contributed by atoms with Crippen LogP contribution in [-0.2, 0) is 33.9 Å². The number of aryl methyl sites for hydroxylation is 1. The topological polar surface area (TPSA) is 89.5 Å². The van der Waals surface area contributed by atoms with Gasteiger partial charge in [0, 0.05) is 0 Å². The molecule has 1 aromatic rings. The second kappa shape index (κ2) is 10.5. The van der Waals surface area contributed by atoms with Gasteiger partial charge in [0.1, 0.15) is 4.31 Å². The first kappa shape index (κ1) is 17.4. The van der Waals surface area contributed by atoms with Crippen molar-refractivity contribution in [2.24, 2.45) is 0 Å². The molecule has 0 aliphatic rings. The van der Waals surface area contributed by atoms with Crippen molar-refractivity contribution in [3.63, 3.8) is 0 Å². The van der Waals surface area contributed by atoms with E-state index in [1.807, 2.05) is 18.2 Å². The Morgan fingerprint density at radius 2 is 1.47 bits per heavy atom. The maximum absolute atomic E-state index is 9.24. The van der Waals surface area contributed by atoms with Crippen LogP contribution in [0.15, 0.2) is 30.3 Å². The Morgan fingerprint density at radius 1 is 1.07 bits per heavy atom. The third-order valence-corrected chi connectivity index (χ3v) is 2.14. The SMILES string of the molecule is Cc1ccccc1.O=[P+]([O-])O[P+](=O)[O-].[Pd+2]. The smallest absolute Gasteiger partial charge is 0.563 e. The predicted molar refractivity (Wildman–Crippen MR) is 47.5 cm³/mol. The second-order valence-electron chi connectivity index (χ2n) is 2.18. The van der Waals surface area contributed by atoms with E-state index >= 15 is 0 Å². The zero-order valence-electron chi connectivity index (χ0n) is 7.64. The third kappa shape index (κ3) is 14.0. The van der Waals surface area contributed by atoms with Gasteiger partial charge in [0.15, 0.2) is 0 Å². The van der Waals surface area contributed by atoms with E-state index in [-0.39, 0.29) is 20.4 Å². The van der Waals surface area contributed by atoms with Crippen molar-refractivity contribution in [1.29, 1.82) is 0 Å². The third-order valence-electron chi connectivity index (χ3n) is 1.07. The molecule has 0 aromatic heterocycles. The van der Waals surface area contributed by atoms with E-state index in [9.17, 15) is 18.9 Å². The van der Waals surface area contributed by atoms with E-state index in [0.717, 1.165) is 0 Å². The quantitative estimate of drug-likeness (QED) is 0.592. The summed E-state index contributed by atoms with van der Waals surface area (Å²) >= 11 is 0. The van der Waals surface area contributed by atoms with Gasteiger partial charge in [-0.1, -0.05) is 35.9 Å². The molecule has 1 rings (SSSR count). The van der Waals surface area contributed by atoms with Gasteiger partial charge in [0.25, 0.3) is 0 Å². The molecule has 0 N–H and O–H groups in total. The molecule has 84 valence electrons. The maximum atomic E-state index is 9.24. The molecule has 0 fully saturated rings. The molecule has 15 heavy (non-hydrogen) atoms. The molecule has 0 radical (unpaired) electrons. The van der Waals surface area contributed by atoms with Gasteiger partial charge in [-0.05, 0) is 16.1 Å². The van der Waals surface area contributed by atoms with E-state index in [1.54, 1.807) is 0 Å². The van der Waals surface area contributed by atoms with E-state index in [2.05, 4.69) is 23.4 Å². The summed E-state index contributed by atoms with van der Waals surface area (Å²) in [4.78, 5) is 18.5. The van der Waals surface area contributed by atoms with E-state index in [0.29, 0.717) is 0 Å². The van der Waals surface area contributed by atoms with Crippen molar-refractivity contribution in [3.05, 3.63) is 35.9 Å². The standard InChI is InChI=1S/C7H8.O5P2.Pd/c1-7-5-3-2-4-6-7;1-6(2)5-7(3)4;/h2-6H,1H3;;/q;;+2. The zero-order chi connectivity index (χ0) is 11.0. The summed E-state index contributed by atoms with van der Waals surface area (Å²) in [5.74, 6) is 0. The molecule has 8 heteroatoms. The first-order valence-corrected chi connectivity index (χ1v) is 5.70. The van der Waals surface area contributed by atoms with Gasteiger partial charge in [-0.15, -0.1) is 0 Å². The summed E-state index contributed by atoms with van der Waals surface area (Å²) in [5, 5.41) is 0. The summed E-state index contributed by atoms with van der Waals surface area (Å²) in [6.07, 6.45) is 0. The van der Waals surface area contributed by atoms with E-state index < -0.39 is 16.5 Å². The van der Waals surface area contributed by atoms with Crippen molar-refractivity contribution in [2.45, 2.75) is 6.92 Å². The molecular weight excluding hydrogens is 332 g/mol. The number of rotatable bonds is 2. The van der Waals surface area contributed by atoms with Crippen LogP contribution in [0.25, 0.3) is 0 Å². The molecular formula is C7H8O5P2Pd+2. The Bertz CT molecular complexity index is 294. The first-order chi connectivity index (χ1) is 6.52.